The highest BCUT2D eigenvalue weighted by Gasteiger charge is 2.05. The van der Waals surface area contributed by atoms with Crippen LogP contribution in [-0.4, -0.2) is 17.0 Å². The van der Waals surface area contributed by atoms with Crippen LogP contribution >= 0.6 is 0 Å². The van der Waals surface area contributed by atoms with Crippen molar-refractivity contribution in [1.82, 2.24) is 0 Å². The Bertz CT molecular complexity index is 825. The van der Waals surface area contributed by atoms with Crippen LogP contribution in [0.5, 0.6) is 11.5 Å². The molecule has 0 radical (unpaired) electrons. The molecule has 0 aliphatic carbocycles. The van der Waals surface area contributed by atoms with Crippen molar-refractivity contribution in [3.05, 3.63) is 60.2 Å². The number of azo groups is 1. The third kappa shape index (κ3) is 4.26. The fourth-order valence-corrected chi connectivity index (χ4v) is 1.64. The number of nitrogens with zero attached hydrogens (tertiary/aromatic N) is 2. The summed E-state index contributed by atoms with van der Waals surface area (Å²) in [6, 6.07) is 9.90. The van der Waals surface area contributed by atoms with Crippen LogP contribution in [0.1, 0.15) is 17.3 Å². The summed E-state index contributed by atoms with van der Waals surface area (Å²) < 4.78 is 5.04. The van der Waals surface area contributed by atoms with E-state index in [9.17, 15) is 14.7 Å². The van der Waals surface area contributed by atoms with Crippen molar-refractivity contribution >= 4 is 23.3 Å². The van der Waals surface area contributed by atoms with E-state index in [2.05, 4.69) is 16.8 Å². The van der Waals surface area contributed by atoms with Gasteiger partial charge in [0.15, 0.2) is 0 Å². The lowest BCUT2D eigenvalue weighted by atomic mass is 10.2. The van der Waals surface area contributed by atoms with Crippen molar-refractivity contribution in [2.75, 3.05) is 0 Å². The van der Waals surface area contributed by atoms with Gasteiger partial charge < -0.3 is 14.9 Å². The molecule has 0 atom stereocenters. The smallest absolute Gasteiger partial charge is 0.338 e. The summed E-state index contributed by atoms with van der Waals surface area (Å²) in [6.07, 6.45) is 0. The second-order valence-electron chi connectivity index (χ2n) is 4.85. The zero-order valence-electron chi connectivity index (χ0n) is 12.7. The lowest BCUT2D eigenvalue weighted by Gasteiger charge is -2.09. The number of carbonyl (C=O) groups excluding carboxylic acids is 1. The maximum absolute atomic E-state index is 11.6. The monoisotopic (exact) mass is 325 g/mol. The lowest BCUT2D eigenvalue weighted by molar-refractivity contribution is -0.268. The number of carbonyl (C=O) groups is 2. The molecule has 7 heteroatoms. The minimum absolute atomic E-state index is 0.239. The van der Waals surface area contributed by atoms with Gasteiger partial charge in [-0.3, -0.25) is 0 Å². The molecule has 0 spiro atoms. The van der Waals surface area contributed by atoms with Crippen molar-refractivity contribution in [2.24, 2.45) is 10.2 Å². The van der Waals surface area contributed by atoms with Gasteiger partial charge in [0.1, 0.15) is 5.75 Å². The number of benzene rings is 2. The Morgan fingerprint density at radius 3 is 2.21 bits per heavy atom. The Balaban J connectivity index is 2.09. The Hall–Kier alpha value is -3.48. The molecule has 0 aromatic heterocycles. The molecule has 2 rings (SSSR count). The standard InChI is InChI=1S/C17H14N2O5/c1-10(2)17(23)24-13-6-3-11(4-7-13)18-19-12-5-8-14(16(21)22)15(20)9-12/h3-9,20H,1H2,2H3,(H,21,22)/p-1. The number of ether oxygens (including phenoxy) is 1. The van der Waals surface area contributed by atoms with Gasteiger partial charge in [0.2, 0.25) is 0 Å². The van der Waals surface area contributed by atoms with Crippen molar-refractivity contribution in [2.45, 2.75) is 6.92 Å². The number of hydrogen-bond acceptors (Lipinski definition) is 6. The number of esters is 1. The normalized spacial score (nSPS) is 10.5. The second-order valence-corrected chi connectivity index (χ2v) is 4.85. The first-order chi connectivity index (χ1) is 11.4. The van der Waals surface area contributed by atoms with E-state index in [1.54, 1.807) is 31.2 Å². The van der Waals surface area contributed by atoms with Gasteiger partial charge >= 0.3 is 11.9 Å². The van der Waals surface area contributed by atoms with Crippen molar-refractivity contribution in [1.29, 1.82) is 0 Å². The van der Waals surface area contributed by atoms with Gasteiger partial charge in [0, 0.05) is 5.57 Å². The Labute approximate surface area is 137 Å². The zero-order chi connectivity index (χ0) is 17.7. The van der Waals surface area contributed by atoms with Crippen molar-refractivity contribution < 1.29 is 24.5 Å². The van der Waals surface area contributed by atoms with Gasteiger partial charge in [-0.25, -0.2) is 9.59 Å². The highest BCUT2D eigenvalue weighted by Crippen LogP contribution is 2.25. The molecule has 0 aliphatic heterocycles. The van der Waals surface area contributed by atoms with Crippen LogP contribution in [0.3, 0.4) is 0 Å². The van der Waals surface area contributed by atoms with Gasteiger partial charge in [-0.2, -0.15) is 10.2 Å². The SMILES string of the molecule is C=C(C)C(=O)Oc1ccc(N=Nc2ccc(C(=O)O)c([O-])c2)cc1. The predicted molar refractivity (Wildman–Crippen MR) is 83.9 cm³/mol. The van der Waals surface area contributed by atoms with Gasteiger partial charge in [0.25, 0.3) is 0 Å². The van der Waals surface area contributed by atoms with Crippen LogP contribution in [0.25, 0.3) is 0 Å². The second kappa shape index (κ2) is 7.19. The summed E-state index contributed by atoms with van der Waals surface area (Å²) in [4.78, 5) is 22.1. The summed E-state index contributed by atoms with van der Waals surface area (Å²) in [6.45, 7) is 5.03. The summed E-state index contributed by atoms with van der Waals surface area (Å²) in [5.41, 5.74) is 0.678. The average molecular weight is 325 g/mol. The molecule has 0 saturated heterocycles. The first kappa shape index (κ1) is 16.9. The fraction of sp³-hybridized carbons (Fsp3) is 0.0588. The third-order valence-electron chi connectivity index (χ3n) is 2.87. The van der Waals surface area contributed by atoms with E-state index < -0.39 is 17.7 Å². The molecule has 2 aromatic rings. The molecule has 0 fully saturated rings. The Kier molecular flexibility index (Phi) is 5.06. The molecular weight excluding hydrogens is 312 g/mol. The van der Waals surface area contributed by atoms with E-state index in [-0.39, 0.29) is 16.8 Å². The van der Waals surface area contributed by atoms with Crippen molar-refractivity contribution in [3.63, 3.8) is 0 Å². The van der Waals surface area contributed by atoms with Crippen molar-refractivity contribution in [3.8, 4) is 11.5 Å². The van der Waals surface area contributed by atoms with E-state index in [1.165, 1.54) is 12.1 Å². The zero-order valence-corrected chi connectivity index (χ0v) is 12.7. The average Bonchev–Trinajstić information content (AvgIpc) is 2.53. The van der Waals surface area contributed by atoms with E-state index in [0.29, 0.717) is 11.4 Å². The number of rotatable bonds is 5. The summed E-state index contributed by atoms with van der Waals surface area (Å²) >= 11 is 0. The first-order valence-electron chi connectivity index (χ1n) is 6.80. The predicted octanol–water partition coefficient (Wildman–Crippen LogP) is 3.36. The topological polar surface area (TPSA) is 111 Å². The van der Waals surface area contributed by atoms with Gasteiger partial charge in [-0.05, 0) is 49.4 Å². The van der Waals surface area contributed by atoms with Gasteiger partial charge in [0.05, 0.1) is 16.9 Å². The van der Waals surface area contributed by atoms with Crippen LogP contribution in [-0.2, 0) is 4.79 Å². The van der Waals surface area contributed by atoms with Crippen LogP contribution in [0, 0.1) is 0 Å². The molecule has 24 heavy (non-hydrogen) atoms. The molecule has 2 aromatic carbocycles. The molecule has 0 amide bonds. The largest absolute Gasteiger partial charge is 0.872 e. The minimum Gasteiger partial charge on any atom is -0.872 e. The molecular formula is C17H13N2O5-. The maximum atomic E-state index is 11.6. The van der Waals surface area contributed by atoms with E-state index in [4.69, 9.17) is 9.84 Å². The van der Waals surface area contributed by atoms with Gasteiger partial charge in [-0.1, -0.05) is 12.3 Å². The maximum Gasteiger partial charge on any atom is 0.338 e. The van der Waals surface area contributed by atoms with Gasteiger partial charge in [-0.15, -0.1) is 0 Å². The summed E-state index contributed by atoms with van der Waals surface area (Å²) in [5.74, 6) is -2.11. The highest BCUT2D eigenvalue weighted by molar-refractivity contribution is 5.91. The Morgan fingerprint density at radius 2 is 1.67 bits per heavy atom. The first-order valence-corrected chi connectivity index (χ1v) is 6.80. The quantitative estimate of drug-likeness (QED) is 0.392. The van der Waals surface area contributed by atoms with Crippen LogP contribution in [0.15, 0.2) is 64.8 Å². The number of hydrogen-bond donors (Lipinski definition) is 1. The molecule has 122 valence electrons. The molecule has 0 aliphatic rings. The number of carboxylic acids is 1. The molecule has 1 N–H and O–H groups in total. The molecule has 0 unspecified atom stereocenters. The molecule has 0 saturated carbocycles. The summed E-state index contributed by atoms with van der Waals surface area (Å²) in [7, 11) is 0. The summed E-state index contributed by atoms with van der Waals surface area (Å²) in [5, 5.41) is 28.1. The fourth-order valence-electron chi connectivity index (χ4n) is 1.64. The number of carboxylic acid groups (broad SMARTS) is 1. The molecule has 0 heterocycles. The minimum atomic E-state index is -1.29. The Morgan fingerprint density at radius 1 is 1.08 bits per heavy atom. The van der Waals surface area contributed by atoms with Crippen LogP contribution < -0.4 is 9.84 Å². The molecule has 7 nitrogen and oxygen atoms in total. The van der Waals surface area contributed by atoms with Crippen LogP contribution in [0.2, 0.25) is 0 Å². The van der Waals surface area contributed by atoms with E-state index in [0.717, 1.165) is 6.07 Å². The van der Waals surface area contributed by atoms with E-state index >= 15 is 0 Å². The lowest BCUT2D eigenvalue weighted by Crippen LogP contribution is -2.07. The highest BCUT2D eigenvalue weighted by atomic mass is 16.5. The number of aromatic carboxylic acids is 1. The third-order valence-corrected chi connectivity index (χ3v) is 2.87. The van der Waals surface area contributed by atoms with Crippen LogP contribution in [0.4, 0.5) is 11.4 Å². The van der Waals surface area contributed by atoms with E-state index in [1.807, 2.05) is 0 Å². The molecule has 0 bridgehead atoms.